The number of carbonyl (C=O) groups is 2. The Morgan fingerprint density at radius 2 is 2.12 bits per heavy atom. The van der Waals surface area contributed by atoms with E-state index in [1.165, 1.54) is 0 Å². The number of fused-ring (bicyclic) bond motifs is 1. The van der Waals surface area contributed by atoms with Crippen LogP contribution in [0.1, 0.15) is 42.1 Å². The molecule has 1 aliphatic heterocycles. The summed E-state index contributed by atoms with van der Waals surface area (Å²) in [6.45, 7) is 6.42. The van der Waals surface area contributed by atoms with Crippen molar-refractivity contribution in [1.29, 1.82) is 0 Å². The molecule has 1 aliphatic carbocycles. The minimum absolute atomic E-state index is 0.130. The van der Waals surface area contributed by atoms with Gasteiger partial charge in [0.2, 0.25) is 5.91 Å². The quantitative estimate of drug-likeness (QED) is 0.905. The molecule has 2 amide bonds. The Hall–Kier alpha value is -2.70. The second kappa shape index (κ2) is 6.23. The van der Waals surface area contributed by atoms with Crippen LogP contribution < -0.4 is 5.32 Å². The largest absolute Gasteiger partial charge is 0.345 e. The second-order valence-corrected chi connectivity index (χ2v) is 7.75. The highest BCUT2D eigenvalue weighted by Gasteiger charge is 2.52. The molecule has 0 aromatic carbocycles. The van der Waals surface area contributed by atoms with E-state index in [0.717, 1.165) is 17.8 Å². The molecular formula is C19H23N5O2. The molecule has 3 heterocycles. The molecule has 2 aromatic heterocycles. The fourth-order valence-corrected chi connectivity index (χ4v) is 3.44. The molecule has 0 radical (unpaired) electrons. The van der Waals surface area contributed by atoms with Crippen LogP contribution in [0.4, 0.5) is 0 Å². The number of amides is 2. The van der Waals surface area contributed by atoms with Gasteiger partial charge in [0.15, 0.2) is 5.69 Å². The van der Waals surface area contributed by atoms with Gasteiger partial charge in [0, 0.05) is 18.7 Å². The van der Waals surface area contributed by atoms with Gasteiger partial charge in [-0.1, -0.05) is 19.9 Å². The van der Waals surface area contributed by atoms with E-state index in [-0.39, 0.29) is 23.1 Å². The number of hydrogen-bond acceptors (Lipinski definition) is 4. The van der Waals surface area contributed by atoms with Crippen molar-refractivity contribution in [3.8, 4) is 0 Å². The van der Waals surface area contributed by atoms with E-state index < -0.39 is 0 Å². The van der Waals surface area contributed by atoms with Crippen molar-refractivity contribution in [3.63, 3.8) is 0 Å². The van der Waals surface area contributed by atoms with Crippen molar-refractivity contribution in [2.24, 2.45) is 11.3 Å². The molecular weight excluding hydrogens is 330 g/mol. The molecule has 1 unspecified atom stereocenters. The number of aromatic nitrogens is 3. The third kappa shape index (κ3) is 3.21. The first-order chi connectivity index (χ1) is 12.4. The van der Waals surface area contributed by atoms with Gasteiger partial charge in [-0.3, -0.25) is 19.3 Å². The fourth-order valence-electron chi connectivity index (χ4n) is 3.44. The zero-order chi connectivity index (χ0) is 18.3. The van der Waals surface area contributed by atoms with Crippen LogP contribution in [0.15, 0.2) is 30.5 Å². The van der Waals surface area contributed by atoms with Gasteiger partial charge in [0.25, 0.3) is 5.91 Å². The predicted molar refractivity (Wildman–Crippen MR) is 94.9 cm³/mol. The average molecular weight is 353 g/mol. The van der Waals surface area contributed by atoms with Crippen molar-refractivity contribution in [3.05, 3.63) is 47.5 Å². The minimum atomic E-state index is -0.223. The Morgan fingerprint density at radius 1 is 1.31 bits per heavy atom. The molecule has 4 rings (SSSR count). The van der Waals surface area contributed by atoms with Gasteiger partial charge >= 0.3 is 0 Å². The molecule has 7 nitrogen and oxygen atoms in total. The van der Waals surface area contributed by atoms with Crippen LogP contribution in [0, 0.1) is 11.3 Å². The molecule has 7 heteroatoms. The Bertz CT molecular complexity index is 843. The molecule has 1 N–H and O–H groups in total. The molecule has 1 atom stereocenters. The van der Waals surface area contributed by atoms with E-state index in [9.17, 15) is 9.59 Å². The third-order valence-electron chi connectivity index (χ3n) is 5.31. The highest BCUT2D eigenvalue weighted by atomic mass is 16.2. The normalized spacial score (nSPS) is 20.4. The van der Waals surface area contributed by atoms with E-state index in [2.05, 4.69) is 29.2 Å². The van der Waals surface area contributed by atoms with Crippen molar-refractivity contribution >= 4 is 11.8 Å². The van der Waals surface area contributed by atoms with Gasteiger partial charge in [0.1, 0.15) is 0 Å². The van der Waals surface area contributed by atoms with Crippen LogP contribution in [0.2, 0.25) is 0 Å². The summed E-state index contributed by atoms with van der Waals surface area (Å²) >= 11 is 0. The zero-order valence-electron chi connectivity index (χ0n) is 15.1. The van der Waals surface area contributed by atoms with Crippen LogP contribution in [-0.2, 0) is 24.4 Å². The number of nitrogens with one attached hydrogen (secondary N) is 1. The summed E-state index contributed by atoms with van der Waals surface area (Å²) in [5, 5.41) is 7.23. The summed E-state index contributed by atoms with van der Waals surface area (Å²) in [6.07, 6.45) is 2.66. The SMILES string of the molecule is CC1(C)CC1C(=O)N1CCn2nc(C(=O)NCc3ccccn3)cc2C1. The lowest BCUT2D eigenvalue weighted by atomic mass is 10.1. The summed E-state index contributed by atoms with van der Waals surface area (Å²) in [5.41, 5.74) is 2.22. The van der Waals surface area contributed by atoms with Crippen molar-refractivity contribution < 1.29 is 9.59 Å². The first-order valence-electron chi connectivity index (χ1n) is 8.98. The van der Waals surface area contributed by atoms with Gasteiger partial charge in [-0.05, 0) is 30.0 Å². The molecule has 1 saturated carbocycles. The van der Waals surface area contributed by atoms with Crippen molar-refractivity contribution in [2.45, 2.75) is 39.9 Å². The first-order valence-corrected chi connectivity index (χ1v) is 8.98. The van der Waals surface area contributed by atoms with E-state index in [1.807, 2.05) is 27.8 Å². The summed E-state index contributed by atoms with van der Waals surface area (Å²) in [7, 11) is 0. The van der Waals surface area contributed by atoms with Gasteiger partial charge in [0.05, 0.1) is 31.0 Å². The zero-order valence-corrected chi connectivity index (χ0v) is 15.1. The summed E-state index contributed by atoms with van der Waals surface area (Å²) in [4.78, 5) is 31.0. The van der Waals surface area contributed by atoms with Gasteiger partial charge in [-0.15, -0.1) is 0 Å². The van der Waals surface area contributed by atoms with E-state index in [4.69, 9.17) is 0 Å². The Labute approximate surface area is 152 Å². The highest BCUT2D eigenvalue weighted by molar-refractivity contribution is 5.92. The topological polar surface area (TPSA) is 80.1 Å². The molecule has 2 aromatic rings. The van der Waals surface area contributed by atoms with Crippen LogP contribution in [-0.4, -0.2) is 38.0 Å². The van der Waals surface area contributed by atoms with Crippen molar-refractivity contribution in [1.82, 2.24) is 25.0 Å². The average Bonchev–Trinajstić information content (AvgIpc) is 3.08. The van der Waals surface area contributed by atoms with Crippen molar-refractivity contribution in [2.75, 3.05) is 6.54 Å². The Morgan fingerprint density at radius 3 is 2.81 bits per heavy atom. The minimum Gasteiger partial charge on any atom is -0.345 e. The van der Waals surface area contributed by atoms with Crippen LogP contribution in [0.5, 0.6) is 0 Å². The summed E-state index contributed by atoms with van der Waals surface area (Å²) < 4.78 is 1.83. The molecule has 1 fully saturated rings. The maximum Gasteiger partial charge on any atom is 0.272 e. The van der Waals surface area contributed by atoms with Gasteiger partial charge in [-0.2, -0.15) is 5.10 Å². The maximum absolute atomic E-state index is 12.6. The lowest BCUT2D eigenvalue weighted by Gasteiger charge is -2.28. The lowest BCUT2D eigenvalue weighted by molar-refractivity contribution is -0.134. The first kappa shape index (κ1) is 16.8. The number of nitrogens with zero attached hydrogens (tertiary/aromatic N) is 4. The maximum atomic E-state index is 12.6. The lowest BCUT2D eigenvalue weighted by Crippen LogP contribution is -2.39. The molecule has 0 spiro atoms. The number of carbonyl (C=O) groups excluding carboxylic acids is 2. The molecule has 136 valence electrons. The third-order valence-corrected chi connectivity index (χ3v) is 5.31. The monoisotopic (exact) mass is 353 g/mol. The molecule has 2 aliphatic rings. The van der Waals surface area contributed by atoms with E-state index >= 15 is 0 Å². The smallest absolute Gasteiger partial charge is 0.272 e. The fraction of sp³-hybridized carbons (Fsp3) is 0.474. The Balaban J connectivity index is 1.39. The number of rotatable bonds is 4. The van der Waals surface area contributed by atoms with Crippen LogP contribution >= 0.6 is 0 Å². The van der Waals surface area contributed by atoms with Gasteiger partial charge < -0.3 is 10.2 Å². The highest BCUT2D eigenvalue weighted by Crippen LogP contribution is 2.52. The second-order valence-electron chi connectivity index (χ2n) is 7.75. The Kier molecular flexibility index (Phi) is 4.01. The predicted octanol–water partition coefficient (Wildman–Crippen LogP) is 1.60. The van der Waals surface area contributed by atoms with Crippen LogP contribution in [0.25, 0.3) is 0 Å². The van der Waals surface area contributed by atoms with E-state index in [0.29, 0.717) is 31.9 Å². The molecule has 0 saturated heterocycles. The molecule has 0 bridgehead atoms. The number of pyridine rings is 1. The van der Waals surface area contributed by atoms with Crippen LogP contribution in [0.3, 0.4) is 0 Å². The number of hydrogen-bond donors (Lipinski definition) is 1. The standard InChI is InChI=1S/C19H23N5O2/c1-19(2)10-15(19)18(26)23-7-8-24-14(12-23)9-16(22-24)17(25)21-11-13-5-3-4-6-20-13/h3-6,9,15H,7-8,10-12H2,1-2H3,(H,21,25). The van der Waals surface area contributed by atoms with Gasteiger partial charge in [-0.25, -0.2) is 0 Å². The van der Waals surface area contributed by atoms with E-state index in [1.54, 1.807) is 12.3 Å². The molecule has 26 heavy (non-hydrogen) atoms. The summed E-state index contributed by atoms with van der Waals surface area (Å²) in [6, 6.07) is 7.37. The summed E-state index contributed by atoms with van der Waals surface area (Å²) in [5.74, 6) is 0.139.